The molecule has 0 amide bonds. The fourth-order valence-corrected chi connectivity index (χ4v) is 5.10. The summed E-state index contributed by atoms with van der Waals surface area (Å²) in [4.78, 5) is 2.26. The molecule has 1 heterocycles. The van der Waals surface area contributed by atoms with Crippen molar-refractivity contribution in [2.75, 3.05) is 11.3 Å². The molecule has 0 bridgehead atoms. The highest BCUT2D eigenvalue weighted by molar-refractivity contribution is 7.92. The SMILES string of the molecule is O=S(=O)(Nc1ccc(Cl)c2c(Cl)c[nH]c12)c1ccc(OCCc2cccc(OC(F)F)c2)cc1F. The van der Waals surface area contributed by atoms with Gasteiger partial charge in [0.05, 0.1) is 27.9 Å². The first-order valence-electron chi connectivity index (χ1n) is 10.1. The molecule has 4 aromatic rings. The first-order chi connectivity index (χ1) is 16.6. The molecule has 0 saturated carbocycles. The quantitative estimate of drug-likeness (QED) is 0.247. The average molecular weight is 545 g/mol. The lowest BCUT2D eigenvalue weighted by molar-refractivity contribution is -0.0498. The Morgan fingerprint density at radius 2 is 1.80 bits per heavy atom. The molecule has 6 nitrogen and oxygen atoms in total. The summed E-state index contributed by atoms with van der Waals surface area (Å²) in [7, 11) is -4.30. The highest BCUT2D eigenvalue weighted by Crippen LogP contribution is 2.35. The molecular formula is C23H17Cl2F3N2O4S. The lowest BCUT2D eigenvalue weighted by atomic mass is 10.1. The normalized spacial score (nSPS) is 11.7. The second-order valence-electron chi connectivity index (χ2n) is 7.30. The number of ether oxygens (including phenoxy) is 2. The smallest absolute Gasteiger partial charge is 0.387 e. The van der Waals surface area contributed by atoms with E-state index in [1.54, 1.807) is 12.1 Å². The van der Waals surface area contributed by atoms with Crippen molar-refractivity contribution in [3.8, 4) is 11.5 Å². The monoisotopic (exact) mass is 544 g/mol. The van der Waals surface area contributed by atoms with Crippen LogP contribution in [-0.4, -0.2) is 26.6 Å². The molecule has 0 spiro atoms. The van der Waals surface area contributed by atoms with Gasteiger partial charge in [0.2, 0.25) is 0 Å². The Bertz CT molecular complexity index is 1480. The Balaban J connectivity index is 1.45. The molecule has 0 aliphatic carbocycles. The number of benzene rings is 3. The summed E-state index contributed by atoms with van der Waals surface area (Å²) in [6, 6.07) is 12.4. The summed E-state index contributed by atoms with van der Waals surface area (Å²) in [5.74, 6) is -0.895. The van der Waals surface area contributed by atoms with Gasteiger partial charge >= 0.3 is 6.61 Å². The van der Waals surface area contributed by atoms with Gasteiger partial charge in [-0.25, -0.2) is 12.8 Å². The van der Waals surface area contributed by atoms with Crippen LogP contribution in [0.1, 0.15) is 5.56 Å². The number of aromatic amines is 1. The van der Waals surface area contributed by atoms with Gasteiger partial charge in [0, 0.05) is 24.1 Å². The Labute approximate surface area is 208 Å². The van der Waals surface area contributed by atoms with E-state index in [4.69, 9.17) is 27.9 Å². The third-order valence-electron chi connectivity index (χ3n) is 4.96. The van der Waals surface area contributed by atoms with Crippen molar-refractivity contribution in [2.45, 2.75) is 17.9 Å². The van der Waals surface area contributed by atoms with Crippen molar-refractivity contribution in [3.63, 3.8) is 0 Å². The summed E-state index contributed by atoms with van der Waals surface area (Å²) in [5, 5.41) is 1.08. The number of halogens is 5. The third kappa shape index (κ3) is 5.77. The molecule has 35 heavy (non-hydrogen) atoms. The van der Waals surface area contributed by atoms with E-state index in [2.05, 4.69) is 14.4 Å². The number of fused-ring (bicyclic) bond motifs is 1. The highest BCUT2D eigenvalue weighted by Gasteiger charge is 2.22. The Morgan fingerprint density at radius 1 is 1.00 bits per heavy atom. The van der Waals surface area contributed by atoms with Gasteiger partial charge in [-0.1, -0.05) is 35.3 Å². The standard InChI is InChI=1S/C23H17Cl2F3N2O4S/c24-16-5-6-19(22-21(16)17(25)12-29-22)30-35(31,32)20-7-4-14(11-18(20)26)33-9-8-13-2-1-3-15(10-13)34-23(27)28/h1-7,10-12,23,29-30H,8-9H2. The van der Waals surface area contributed by atoms with E-state index in [0.29, 0.717) is 32.9 Å². The Kier molecular flexibility index (Phi) is 7.34. The number of alkyl halides is 2. The Morgan fingerprint density at radius 3 is 2.54 bits per heavy atom. The van der Waals surface area contributed by atoms with Crippen molar-refractivity contribution in [1.29, 1.82) is 0 Å². The van der Waals surface area contributed by atoms with Crippen LogP contribution in [-0.2, 0) is 16.4 Å². The van der Waals surface area contributed by atoms with Gasteiger partial charge < -0.3 is 14.5 Å². The van der Waals surface area contributed by atoms with E-state index in [-0.39, 0.29) is 23.8 Å². The van der Waals surface area contributed by atoms with Gasteiger partial charge in [0.1, 0.15) is 22.2 Å². The predicted octanol–water partition coefficient (Wildman–Crippen LogP) is 6.64. The van der Waals surface area contributed by atoms with E-state index in [1.807, 2.05) is 0 Å². The van der Waals surface area contributed by atoms with Crippen LogP contribution in [0.15, 0.2) is 65.7 Å². The zero-order valence-corrected chi connectivity index (χ0v) is 20.0. The largest absolute Gasteiger partial charge is 0.493 e. The predicted molar refractivity (Wildman–Crippen MR) is 128 cm³/mol. The molecule has 0 radical (unpaired) electrons. The molecule has 0 atom stereocenters. The van der Waals surface area contributed by atoms with E-state index < -0.39 is 27.3 Å². The van der Waals surface area contributed by atoms with E-state index in [0.717, 1.165) is 12.1 Å². The fraction of sp³-hybridized carbons (Fsp3) is 0.130. The fourth-order valence-electron chi connectivity index (χ4n) is 3.41. The number of H-pyrrole nitrogens is 1. The van der Waals surface area contributed by atoms with Crippen LogP contribution >= 0.6 is 23.2 Å². The molecule has 184 valence electrons. The molecule has 2 N–H and O–H groups in total. The Hall–Kier alpha value is -3.08. The van der Waals surface area contributed by atoms with Crippen molar-refractivity contribution < 1.29 is 31.1 Å². The average Bonchev–Trinajstić information content (AvgIpc) is 3.18. The second kappa shape index (κ2) is 10.3. The van der Waals surface area contributed by atoms with Crippen LogP contribution in [0.2, 0.25) is 10.0 Å². The number of hydrogen-bond acceptors (Lipinski definition) is 4. The summed E-state index contributed by atoms with van der Waals surface area (Å²) in [6.07, 6.45) is 1.79. The zero-order valence-electron chi connectivity index (χ0n) is 17.7. The van der Waals surface area contributed by atoms with Crippen LogP contribution in [0.3, 0.4) is 0 Å². The van der Waals surface area contributed by atoms with Crippen molar-refractivity contribution >= 4 is 49.8 Å². The second-order valence-corrected chi connectivity index (χ2v) is 9.77. The first-order valence-corrected chi connectivity index (χ1v) is 12.3. The zero-order chi connectivity index (χ0) is 25.2. The minimum atomic E-state index is -4.30. The van der Waals surface area contributed by atoms with Gasteiger partial charge in [-0.2, -0.15) is 8.78 Å². The summed E-state index contributed by atoms with van der Waals surface area (Å²) in [5.41, 5.74) is 1.18. The number of hydrogen-bond donors (Lipinski definition) is 2. The maximum Gasteiger partial charge on any atom is 0.387 e. The number of aromatic nitrogens is 1. The molecule has 0 fully saturated rings. The summed E-state index contributed by atoms with van der Waals surface area (Å²) >= 11 is 12.2. The molecule has 1 aromatic heterocycles. The molecule has 12 heteroatoms. The molecule has 0 aliphatic rings. The first kappa shape index (κ1) is 25.0. The molecule has 0 unspecified atom stereocenters. The molecule has 3 aromatic carbocycles. The van der Waals surface area contributed by atoms with Crippen LogP contribution < -0.4 is 14.2 Å². The lowest BCUT2D eigenvalue weighted by Crippen LogP contribution is -2.15. The van der Waals surface area contributed by atoms with Gasteiger partial charge in [-0.15, -0.1) is 0 Å². The maximum absolute atomic E-state index is 14.7. The van der Waals surface area contributed by atoms with Crippen LogP contribution in [0, 0.1) is 5.82 Å². The molecule has 4 rings (SSSR count). The minimum Gasteiger partial charge on any atom is -0.493 e. The topological polar surface area (TPSA) is 80.4 Å². The van der Waals surface area contributed by atoms with Crippen LogP contribution in [0.4, 0.5) is 18.9 Å². The van der Waals surface area contributed by atoms with Gasteiger partial charge in [-0.3, -0.25) is 4.72 Å². The summed E-state index contributed by atoms with van der Waals surface area (Å²) < 4.78 is 77.3. The summed E-state index contributed by atoms with van der Waals surface area (Å²) in [6.45, 7) is -2.83. The van der Waals surface area contributed by atoms with Crippen LogP contribution in [0.25, 0.3) is 10.9 Å². The van der Waals surface area contributed by atoms with Crippen LogP contribution in [0.5, 0.6) is 11.5 Å². The minimum absolute atomic E-state index is 0.0187. The van der Waals surface area contributed by atoms with E-state index >= 15 is 0 Å². The maximum atomic E-state index is 14.7. The molecule has 0 saturated heterocycles. The van der Waals surface area contributed by atoms with Crippen molar-refractivity contribution in [1.82, 2.24) is 4.98 Å². The lowest BCUT2D eigenvalue weighted by Gasteiger charge is -2.12. The van der Waals surface area contributed by atoms with E-state index in [1.165, 1.54) is 36.5 Å². The van der Waals surface area contributed by atoms with Crippen molar-refractivity contribution in [3.05, 3.63) is 82.2 Å². The van der Waals surface area contributed by atoms with Gasteiger partial charge in [0.25, 0.3) is 10.0 Å². The number of anilines is 1. The van der Waals surface area contributed by atoms with Gasteiger partial charge in [-0.05, 0) is 42.0 Å². The molecule has 0 aliphatic heterocycles. The number of nitrogens with one attached hydrogen (secondary N) is 2. The number of rotatable bonds is 9. The van der Waals surface area contributed by atoms with E-state index in [9.17, 15) is 21.6 Å². The van der Waals surface area contributed by atoms with Gasteiger partial charge in [0.15, 0.2) is 0 Å². The van der Waals surface area contributed by atoms with Crippen molar-refractivity contribution in [2.24, 2.45) is 0 Å². The third-order valence-corrected chi connectivity index (χ3v) is 6.97. The highest BCUT2D eigenvalue weighted by atomic mass is 35.5. The molecular weight excluding hydrogens is 528 g/mol. The number of sulfonamides is 1.